The van der Waals surface area contributed by atoms with Crippen LogP contribution in [0, 0.1) is 17.8 Å². The lowest BCUT2D eigenvalue weighted by atomic mass is 9.54. The normalized spacial score (nSPS) is 18.2. The molecular formula is C19H30. The molecule has 19 heavy (non-hydrogen) atoms. The monoisotopic (exact) mass is 258 g/mol. The molecule has 0 unspecified atom stereocenters. The summed E-state index contributed by atoms with van der Waals surface area (Å²) < 4.78 is 0. The van der Waals surface area contributed by atoms with Crippen LogP contribution in [0.3, 0.4) is 0 Å². The van der Waals surface area contributed by atoms with E-state index in [-0.39, 0.29) is 0 Å². The summed E-state index contributed by atoms with van der Waals surface area (Å²) in [7, 11) is 0. The summed E-state index contributed by atoms with van der Waals surface area (Å²) >= 11 is 0. The van der Waals surface area contributed by atoms with Crippen molar-refractivity contribution in [1.29, 1.82) is 0 Å². The first-order valence-electron chi connectivity index (χ1n) is 8.15. The molecule has 0 bridgehead atoms. The zero-order valence-corrected chi connectivity index (χ0v) is 13.2. The lowest BCUT2D eigenvalue weighted by Gasteiger charge is -2.50. The molecule has 1 saturated carbocycles. The second kappa shape index (κ2) is 6.11. The highest BCUT2D eigenvalue weighted by Crippen LogP contribution is 2.50. The van der Waals surface area contributed by atoms with Crippen LogP contribution in [-0.2, 0) is 5.41 Å². The molecule has 1 aliphatic carbocycles. The maximum atomic E-state index is 2.43. The smallest absolute Gasteiger partial charge is 0.00271 e. The van der Waals surface area contributed by atoms with Crippen LogP contribution in [0.2, 0.25) is 0 Å². The lowest BCUT2D eigenvalue weighted by molar-refractivity contribution is 0.0942. The predicted octanol–water partition coefficient (Wildman–Crippen LogP) is 5.82. The average Bonchev–Trinajstić information content (AvgIpc) is 2.41. The second-order valence-corrected chi connectivity index (χ2v) is 6.94. The minimum absolute atomic E-state index is 0.363. The van der Waals surface area contributed by atoms with E-state index >= 15 is 0 Å². The van der Waals surface area contributed by atoms with Crippen molar-refractivity contribution < 1.29 is 0 Å². The number of hydrogen-bond acceptors (Lipinski definition) is 0. The summed E-state index contributed by atoms with van der Waals surface area (Å²) in [5.74, 6) is 2.28. The Balaban J connectivity index is 2.47. The molecule has 0 aromatic heterocycles. The summed E-state index contributed by atoms with van der Waals surface area (Å²) in [4.78, 5) is 0. The maximum absolute atomic E-state index is 2.43. The molecule has 1 fully saturated rings. The van der Waals surface area contributed by atoms with Gasteiger partial charge in [0, 0.05) is 5.41 Å². The molecule has 0 amide bonds. The van der Waals surface area contributed by atoms with Gasteiger partial charge in [0.1, 0.15) is 0 Å². The molecule has 0 aliphatic heterocycles. The molecule has 0 heteroatoms. The lowest BCUT2D eigenvalue weighted by Crippen LogP contribution is -2.45. The molecule has 0 N–H and O–H groups in total. The Morgan fingerprint density at radius 3 is 1.84 bits per heavy atom. The van der Waals surface area contributed by atoms with Gasteiger partial charge < -0.3 is 0 Å². The Kier molecular flexibility index (Phi) is 4.71. The van der Waals surface area contributed by atoms with Gasteiger partial charge in [-0.2, -0.15) is 0 Å². The van der Waals surface area contributed by atoms with Crippen LogP contribution in [0.25, 0.3) is 0 Å². The van der Waals surface area contributed by atoms with E-state index in [1.807, 2.05) is 0 Å². The summed E-state index contributed by atoms with van der Waals surface area (Å²) in [5.41, 5.74) is 1.94. The van der Waals surface area contributed by atoms with Crippen LogP contribution in [0.15, 0.2) is 30.3 Å². The molecule has 0 spiro atoms. The first-order valence-corrected chi connectivity index (χ1v) is 8.15. The van der Waals surface area contributed by atoms with E-state index < -0.39 is 0 Å². The zero-order valence-electron chi connectivity index (χ0n) is 13.2. The third-order valence-corrected chi connectivity index (χ3v) is 5.47. The predicted molar refractivity (Wildman–Crippen MR) is 84.4 cm³/mol. The Hall–Kier alpha value is -0.780. The van der Waals surface area contributed by atoms with E-state index in [2.05, 4.69) is 58.0 Å². The summed E-state index contributed by atoms with van der Waals surface area (Å²) in [5, 5.41) is 0. The van der Waals surface area contributed by atoms with Gasteiger partial charge in [-0.05, 0) is 36.2 Å². The molecule has 0 radical (unpaired) electrons. The van der Waals surface area contributed by atoms with Gasteiger partial charge in [-0.1, -0.05) is 77.3 Å². The van der Waals surface area contributed by atoms with Crippen LogP contribution >= 0.6 is 0 Å². The Morgan fingerprint density at radius 2 is 1.37 bits per heavy atom. The highest BCUT2D eigenvalue weighted by molar-refractivity contribution is 5.28. The SMILES string of the molecule is CC(C)C(c1ccccc1)(C(C)C)C1CCCCC1. The maximum Gasteiger partial charge on any atom is 0.00271 e. The van der Waals surface area contributed by atoms with Crippen molar-refractivity contribution in [2.24, 2.45) is 17.8 Å². The van der Waals surface area contributed by atoms with Gasteiger partial charge in [-0.3, -0.25) is 0 Å². The van der Waals surface area contributed by atoms with Crippen LogP contribution in [0.1, 0.15) is 65.4 Å². The second-order valence-electron chi connectivity index (χ2n) is 6.94. The van der Waals surface area contributed by atoms with E-state index in [0.29, 0.717) is 17.3 Å². The van der Waals surface area contributed by atoms with Crippen molar-refractivity contribution in [2.45, 2.75) is 65.2 Å². The van der Waals surface area contributed by atoms with Gasteiger partial charge in [0.25, 0.3) is 0 Å². The van der Waals surface area contributed by atoms with Crippen molar-refractivity contribution in [2.75, 3.05) is 0 Å². The van der Waals surface area contributed by atoms with E-state index in [1.165, 1.54) is 32.1 Å². The number of hydrogen-bond donors (Lipinski definition) is 0. The van der Waals surface area contributed by atoms with E-state index in [4.69, 9.17) is 0 Å². The Labute approximate surface area is 119 Å². The molecule has 0 saturated heterocycles. The molecule has 1 aliphatic rings. The fourth-order valence-corrected chi connectivity index (χ4v) is 4.82. The molecule has 2 rings (SSSR count). The summed E-state index contributed by atoms with van der Waals surface area (Å²) in [6, 6.07) is 11.3. The van der Waals surface area contributed by atoms with Crippen molar-refractivity contribution >= 4 is 0 Å². The quantitative estimate of drug-likeness (QED) is 0.638. The fourth-order valence-electron chi connectivity index (χ4n) is 4.82. The Bertz CT molecular complexity index is 360. The highest BCUT2D eigenvalue weighted by Gasteiger charge is 2.45. The van der Waals surface area contributed by atoms with E-state index in [1.54, 1.807) is 5.56 Å². The van der Waals surface area contributed by atoms with Crippen LogP contribution in [0.5, 0.6) is 0 Å². The van der Waals surface area contributed by atoms with Crippen LogP contribution in [-0.4, -0.2) is 0 Å². The first-order chi connectivity index (χ1) is 9.10. The molecule has 0 nitrogen and oxygen atoms in total. The van der Waals surface area contributed by atoms with Crippen LogP contribution < -0.4 is 0 Å². The topological polar surface area (TPSA) is 0 Å². The minimum atomic E-state index is 0.363. The van der Waals surface area contributed by atoms with Crippen molar-refractivity contribution in [1.82, 2.24) is 0 Å². The van der Waals surface area contributed by atoms with Gasteiger partial charge in [-0.15, -0.1) is 0 Å². The van der Waals surface area contributed by atoms with Crippen LogP contribution in [0.4, 0.5) is 0 Å². The average molecular weight is 258 g/mol. The number of rotatable bonds is 4. The molecule has 0 heterocycles. The largest absolute Gasteiger partial charge is 0.0622 e. The minimum Gasteiger partial charge on any atom is -0.0622 e. The summed E-state index contributed by atoms with van der Waals surface area (Å²) in [6.07, 6.45) is 7.14. The molecule has 0 atom stereocenters. The first kappa shape index (κ1) is 14.6. The Morgan fingerprint density at radius 1 is 0.842 bits per heavy atom. The van der Waals surface area contributed by atoms with E-state index in [0.717, 1.165) is 5.92 Å². The third kappa shape index (κ3) is 2.59. The summed E-state index contributed by atoms with van der Waals surface area (Å²) in [6.45, 7) is 9.73. The van der Waals surface area contributed by atoms with Gasteiger partial charge >= 0.3 is 0 Å². The van der Waals surface area contributed by atoms with Gasteiger partial charge in [0.2, 0.25) is 0 Å². The highest BCUT2D eigenvalue weighted by atomic mass is 14.5. The van der Waals surface area contributed by atoms with Crippen molar-refractivity contribution in [3.8, 4) is 0 Å². The van der Waals surface area contributed by atoms with Crippen molar-refractivity contribution in [3.63, 3.8) is 0 Å². The van der Waals surface area contributed by atoms with Crippen molar-refractivity contribution in [3.05, 3.63) is 35.9 Å². The number of benzene rings is 1. The fraction of sp³-hybridized carbons (Fsp3) is 0.684. The third-order valence-electron chi connectivity index (χ3n) is 5.47. The molecular weight excluding hydrogens is 228 g/mol. The standard InChI is InChI=1S/C19H30/c1-15(2)19(16(3)4,17-11-7-5-8-12-17)18-13-9-6-10-14-18/h5,7-8,11-12,15-16,18H,6,9-10,13-14H2,1-4H3. The molecule has 1 aromatic carbocycles. The van der Waals surface area contributed by atoms with Gasteiger partial charge in [0.05, 0.1) is 0 Å². The molecule has 1 aromatic rings. The van der Waals surface area contributed by atoms with Gasteiger partial charge in [-0.25, -0.2) is 0 Å². The van der Waals surface area contributed by atoms with Gasteiger partial charge in [0.15, 0.2) is 0 Å². The zero-order chi connectivity index (χ0) is 13.9. The molecule has 106 valence electrons. The van der Waals surface area contributed by atoms with E-state index in [9.17, 15) is 0 Å².